The molecule has 2 saturated heterocycles. The van der Waals surface area contributed by atoms with E-state index in [-0.39, 0.29) is 24.3 Å². The normalized spacial score (nSPS) is 27.1. The number of rotatable bonds is 4. The van der Waals surface area contributed by atoms with Crippen LogP contribution in [0.25, 0.3) is 0 Å². The Morgan fingerprint density at radius 3 is 2.75 bits per heavy atom. The Labute approximate surface area is 99.3 Å². The largest absolute Gasteiger partial charge is 0.304 e. The minimum Gasteiger partial charge on any atom is -0.304 e. The summed E-state index contributed by atoms with van der Waals surface area (Å²) in [4.78, 5) is 24.6. The van der Waals surface area contributed by atoms with Crippen LogP contribution in [0.5, 0.6) is 0 Å². The van der Waals surface area contributed by atoms with E-state index in [4.69, 9.17) is 0 Å². The Hall–Kier alpha value is -0.590. The minimum atomic E-state index is -0.313. The SMILES string of the molecule is O=C1CC(NCCN2CCSCC2)C(=O)N1. The second kappa shape index (κ2) is 5.65. The number of thioether (sulfide) groups is 1. The first-order valence-corrected chi connectivity index (χ1v) is 6.78. The third-order valence-corrected chi connectivity index (χ3v) is 3.83. The van der Waals surface area contributed by atoms with E-state index in [1.807, 2.05) is 11.8 Å². The maximum Gasteiger partial charge on any atom is 0.244 e. The molecule has 0 radical (unpaired) electrons. The van der Waals surface area contributed by atoms with Crippen LogP contribution in [-0.2, 0) is 9.59 Å². The van der Waals surface area contributed by atoms with Crippen LogP contribution < -0.4 is 10.6 Å². The summed E-state index contributed by atoms with van der Waals surface area (Å²) in [5, 5.41) is 5.43. The highest BCUT2D eigenvalue weighted by molar-refractivity contribution is 7.99. The number of amides is 2. The van der Waals surface area contributed by atoms with Crippen molar-refractivity contribution in [1.82, 2.24) is 15.5 Å². The van der Waals surface area contributed by atoms with E-state index in [0.717, 1.165) is 26.2 Å². The first-order chi connectivity index (χ1) is 7.75. The standard InChI is InChI=1S/C10H17N3O2S/c14-9-7-8(10(15)12-9)11-1-2-13-3-5-16-6-4-13/h8,11H,1-7H2,(H,12,14,15). The van der Waals surface area contributed by atoms with E-state index in [1.165, 1.54) is 11.5 Å². The molecule has 16 heavy (non-hydrogen) atoms. The van der Waals surface area contributed by atoms with E-state index in [2.05, 4.69) is 15.5 Å². The van der Waals surface area contributed by atoms with E-state index in [0.29, 0.717) is 0 Å². The summed E-state index contributed by atoms with van der Waals surface area (Å²) in [5.41, 5.74) is 0. The Morgan fingerprint density at radius 1 is 1.38 bits per heavy atom. The van der Waals surface area contributed by atoms with Gasteiger partial charge in [0.05, 0.1) is 12.5 Å². The predicted octanol–water partition coefficient (Wildman–Crippen LogP) is -0.960. The highest BCUT2D eigenvalue weighted by atomic mass is 32.2. The number of nitrogens with zero attached hydrogens (tertiary/aromatic N) is 1. The third-order valence-electron chi connectivity index (χ3n) is 2.89. The van der Waals surface area contributed by atoms with Crippen LogP contribution in [0, 0.1) is 0 Å². The average molecular weight is 243 g/mol. The van der Waals surface area contributed by atoms with E-state index >= 15 is 0 Å². The number of hydrogen-bond acceptors (Lipinski definition) is 5. The lowest BCUT2D eigenvalue weighted by Gasteiger charge is -2.26. The molecule has 0 aromatic heterocycles. The number of nitrogens with one attached hydrogen (secondary N) is 2. The van der Waals surface area contributed by atoms with Crippen LogP contribution in [0.1, 0.15) is 6.42 Å². The van der Waals surface area contributed by atoms with Gasteiger partial charge in [0, 0.05) is 37.7 Å². The molecule has 2 N–H and O–H groups in total. The zero-order valence-corrected chi connectivity index (χ0v) is 10.0. The van der Waals surface area contributed by atoms with E-state index < -0.39 is 0 Å². The van der Waals surface area contributed by atoms with Gasteiger partial charge in [0.15, 0.2) is 0 Å². The van der Waals surface area contributed by atoms with Gasteiger partial charge in [-0.3, -0.25) is 14.9 Å². The first kappa shape index (κ1) is 11.9. The molecule has 2 aliphatic rings. The first-order valence-electron chi connectivity index (χ1n) is 5.63. The van der Waals surface area contributed by atoms with Gasteiger partial charge in [-0.05, 0) is 0 Å². The fourth-order valence-corrected chi connectivity index (χ4v) is 2.92. The van der Waals surface area contributed by atoms with Crippen LogP contribution >= 0.6 is 11.8 Å². The van der Waals surface area contributed by atoms with Gasteiger partial charge in [0.25, 0.3) is 0 Å². The molecule has 2 amide bonds. The lowest BCUT2D eigenvalue weighted by atomic mass is 10.2. The molecular formula is C10H17N3O2S. The molecule has 2 heterocycles. The van der Waals surface area contributed by atoms with Crippen molar-refractivity contribution in [1.29, 1.82) is 0 Å². The second-order valence-electron chi connectivity index (χ2n) is 4.08. The molecule has 2 rings (SSSR count). The van der Waals surface area contributed by atoms with Gasteiger partial charge in [-0.1, -0.05) is 0 Å². The summed E-state index contributed by atoms with van der Waals surface area (Å²) in [6, 6.07) is -0.313. The van der Waals surface area contributed by atoms with Gasteiger partial charge in [0.2, 0.25) is 11.8 Å². The van der Waals surface area contributed by atoms with Crippen molar-refractivity contribution in [3.05, 3.63) is 0 Å². The summed E-state index contributed by atoms with van der Waals surface area (Å²) >= 11 is 1.99. The van der Waals surface area contributed by atoms with E-state index in [9.17, 15) is 9.59 Å². The van der Waals surface area contributed by atoms with Gasteiger partial charge in [-0.15, -0.1) is 0 Å². The Balaban J connectivity index is 1.64. The van der Waals surface area contributed by atoms with Gasteiger partial charge >= 0.3 is 0 Å². The van der Waals surface area contributed by atoms with Crippen LogP contribution in [0.3, 0.4) is 0 Å². The molecule has 1 atom stereocenters. The van der Waals surface area contributed by atoms with Gasteiger partial charge in [-0.25, -0.2) is 0 Å². The molecule has 0 bridgehead atoms. The lowest BCUT2D eigenvalue weighted by Crippen LogP contribution is -2.42. The molecule has 0 spiro atoms. The van der Waals surface area contributed by atoms with Crippen molar-refractivity contribution in [3.63, 3.8) is 0 Å². The van der Waals surface area contributed by atoms with Crippen LogP contribution in [0.15, 0.2) is 0 Å². The topological polar surface area (TPSA) is 61.4 Å². The van der Waals surface area contributed by atoms with Crippen molar-refractivity contribution < 1.29 is 9.59 Å². The maximum absolute atomic E-state index is 11.3. The minimum absolute atomic E-state index is 0.170. The zero-order chi connectivity index (χ0) is 11.4. The summed E-state index contributed by atoms with van der Waals surface area (Å²) in [5.74, 6) is 2.04. The quantitative estimate of drug-likeness (QED) is 0.623. The Morgan fingerprint density at radius 2 is 2.12 bits per heavy atom. The molecule has 1 unspecified atom stereocenters. The molecule has 0 saturated carbocycles. The molecule has 5 nitrogen and oxygen atoms in total. The number of carbonyl (C=O) groups excluding carboxylic acids is 2. The summed E-state index contributed by atoms with van der Waals surface area (Å²) in [6.45, 7) is 3.98. The molecular weight excluding hydrogens is 226 g/mol. The van der Waals surface area contributed by atoms with Crippen molar-refractivity contribution in [2.75, 3.05) is 37.7 Å². The Kier molecular flexibility index (Phi) is 4.20. The summed E-state index contributed by atoms with van der Waals surface area (Å²) in [7, 11) is 0. The highest BCUT2D eigenvalue weighted by Crippen LogP contribution is 2.08. The van der Waals surface area contributed by atoms with Crippen molar-refractivity contribution >= 4 is 23.6 Å². The average Bonchev–Trinajstić information content (AvgIpc) is 2.59. The number of imide groups is 1. The maximum atomic E-state index is 11.3. The third kappa shape index (κ3) is 3.20. The van der Waals surface area contributed by atoms with Gasteiger partial charge < -0.3 is 10.2 Å². The fraction of sp³-hybridized carbons (Fsp3) is 0.800. The molecule has 0 aromatic rings. The van der Waals surface area contributed by atoms with Gasteiger partial charge in [-0.2, -0.15) is 11.8 Å². The number of hydrogen-bond donors (Lipinski definition) is 2. The molecule has 90 valence electrons. The second-order valence-corrected chi connectivity index (χ2v) is 5.30. The Bertz CT molecular complexity index is 279. The summed E-state index contributed by atoms with van der Waals surface area (Å²) in [6.07, 6.45) is 0.286. The van der Waals surface area contributed by atoms with Crippen molar-refractivity contribution in [3.8, 4) is 0 Å². The summed E-state index contributed by atoms with van der Waals surface area (Å²) < 4.78 is 0. The number of carbonyl (C=O) groups is 2. The highest BCUT2D eigenvalue weighted by Gasteiger charge is 2.29. The molecule has 2 fully saturated rings. The van der Waals surface area contributed by atoms with Crippen LogP contribution in [-0.4, -0.2) is 60.4 Å². The zero-order valence-electron chi connectivity index (χ0n) is 9.20. The van der Waals surface area contributed by atoms with Gasteiger partial charge in [0.1, 0.15) is 0 Å². The van der Waals surface area contributed by atoms with Crippen molar-refractivity contribution in [2.24, 2.45) is 0 Å². The lowest BCUT2D eigenvalue weighted by molar-refractivity contribution is -0.125. The molecule has 2 aliphatic heterocycles. The predicted molar refractivity (Wildman–Crippen MR) is 63.3 cm³/mol. The monoisotopic (exact) mass is 243 g/mol. The molecule has 0 aromatic carbocycles. The van der Waals surface area contributed by atoms with Crippen LogP contribution in [0.2, 0.25) is 0 Å². The fourth-order valence-electron chi connectivity index (χ4n) is 1.94. The molecule has 0 aliphatic carbocycles. The van der Waals surface area contributed by atoms with Crippen LogP contribution in [0.4, 0.5) is 0 Å². The smallest absolute Gasteiger partial charge is 0.244 e. The van der Waals surface area contributed by atoms with E-state index in [1.54, 1.807) is 0 Å². The van der Waals surface area contributed by atoms with Crippen molar-refractivity contribution in [2.45, 2.75) is 12.5 Å². The molecule has 6 heteroatoms.